The van der Waals surface area contributed by atoms with E-state index in [1.807, 2.05) is 43.0 Å². The lowest BCUT2D eigenvalue weighted by Crippen LogP contribution is -2.50. The number of piperazine rings is 1. The molecule has 28 heavy (non-hydrogen) atoms. The molecule has 1 heterocycles. The highest BCUT2D eigenvalue weighted by Gasteiger charge is 2.31. The van der Waals surface area contributed by atoms with Gasteiger partial charge in [0.25, 0.3) is 0 Å². The summed E-state index contributed by atoms with van der Waals surface area (Å²) in [4.78, 5) is 17.5. The average molecular weight is 408 g/mol. The topological polar surface area (TPSA) is 23.6 Å². The van der Waals surface area contributed by atoms with Crippen molar-refractivity contribution in [2.75, 3.05) is 31.1 Å². The van der Waals surface area contributed by atoms with Crippen molar-refractivity contribution in [1.82, 2.24) is 4.90 Å². The maximum absolute atomic E-state index is 12.9. The van der Waals surface area contributed by atoms with Gasteiger partial charge in [0.1, 0.15) is 0 Å². The molecule has 2 aromatic carbocycles. The minimum Gasteiger partial charge on any atom is -0.368 e. The predicted octanol–water partition coefficient (Wildman–Crippen LogP) is 4.84. The van der Waals surface area contributed by atoms with Crippen molar-refractivity contribution in [2.45, 2.75) is 30.2 Å². The molecule has 1 amide bonds. The highest BCUT2D eigenvalue weighted by atomic mass is 32.2. The van der Waals surface area contributed by atoms with E-state index in [1.54, 1.807) is 11.0 Å². The summed E-state index contributed by atoms with van der Waals surface area (Å²) in [7, 11) is 0. The minimum absolute atomic E-state index is 0.0641. The second kappa shape index (κ2) is 8.47. The van der Waals surface area contributed by atoms with Crippen LogP contribution in [0.25, 0.3) is 0 Å². The first-order chi connectivity index (χ1) is 13.2. The second-order valence-corrected chi connectivity index (χ2v) is 8.35. The van der Waals surface area contributed by atoms with Gasteiger partial charge in [0.2, 0.25) is 5.91 Å². The number of aryl methyl sites for hydroxylation is 1. The molecule has 3 rings (SSSR count). The third-order valence-electron chi connectivity index (χ3n) is 4.81. The maximum Gasteiger partial charge on any atom is 0.416 e. The van der Waals surface area contributed by atoms with Crippen LogP contribution in [0.5, 0.6) is 0 Å². The van der Waals surface area contributed by atoms with Gasteiger partial charge in [0.15, 0.2) is 0 Å². The molecule has 1 saturated heterocycles. The monoisotopic (exact) mass is 408 g/mol. The number of carbonyl (C=O) groups excluding carboxylic acids is 1. The van der Waals surface area contributed by atoms with Crippen molar-refractivity contribution in [3.05, 3.63) is 59.7 Å². The van der Waals surface area contributed by atoms with Gasteiger partial charge in [-0.25, -0.2) is 0 Å². The van der Waals surface area contributed by atoms with Crippen LogP contribution in [0.4, 0.5) is 18.9 Å². The molecule has 0 unspecified atom stereocenters. The van der Waals surface area contributed by atoms with Gasteiger partial charge in [0.05, 0.1) is 10.8 Å². The van der Waals surface area contributed by atoms with E-state index in [-0.39, 0.29) is 11.2 Å². The zero-order chi connectivity index (χ0) is 20.3. The zero-order valence-corrected chi connectivity index (χ0v) is 16.7. The number of carbonyl (C=O) groups is 1. The smallest absolute Gasteiger partial charge is 0.368 e. The minimum atomic E-state index is -4.35. The molecule has 0 aliphatic carbocycles. The van der Waals surface area contributed by atoms with Gasteiger partial charge in [-0.1, -0.05) is 23.8 Å². The van der Waals surface area contributed by atoms with Crippen molar-refractivity contribution < 1.29 is 18.0 Å². The molecule has 0 aromatic heterocycles. The lowest BCUT2D eigenvalue weighted by Gasteiger charge is -2.37. The summed E-state index contributed by atoms with van der Waals surface area (Å²) in [5, 5.41) is -0.206. The molecule has 0 saturated carbocycles. The third-order valence-corrected chi connectivity index (χ3v) is 5.91. The van der Waals surface area contributed by atoms with E-state index in [9.17, 15) is 18.0 Å². The Bertz CT molecular complexity index is 815. The Morgan fingerprint density at radius 2 is 1.68 bits per heavy atom. The largest absolute Gasteiger partial charge is 0.416 e. The summed E-state index contributed by atoms with van der Waals surface area (Å²) in [6.07, 6.45) is -4.35. The first kappa shape index (κ1) is 20.6. The Hall–Kier alpha value is -2.15. The summed E-state index contributed by atoms with van der Waals surface area (Å²) in [6.45, 7) is 5.98. The normalized spacial score (nSPS) is 16.2. The molecule has 150 valence electrons. The fourth-order valence-electron chi connectivity index (χ4n) is 3.19. The molecular weight excluding hydrogens is 385 g/mol. The van der Waals surface area contributed by atoms with Gasteiger partial charge in [-0.3, -0.25) is 4.79 Å². The van der Waals surface area contributed by atoms with Crippen LogP contribution in [-0.2, 0) is 11.0 Å². The summed E-state index contributed by atoms with van der Waals surface area (Å²) in [5.74, 6) is 0.0641. The fraction of sp³-hybridized carbons (Fsp3) is 0.381. The summed E-state index contributed by atoms with van der Waals surface area (Å²) in [5.41, 5.74) is 1.07. The van der Waals surface area contributed by atoms with Gasteiger partial charge in [-0.2, -0.15) is 13.2 Å². The van der Waals surface area contributed by atoms with Gasteiger partial charge in [-0.15, -0.1) is 11.8 Å². The Morgan fingerprint density at radius 1 is 1.04 bits per heavy atom. The van der Waals surface area contributed by atoms with Crippen molar-refractivity contribution >= 4 is 23.4 Å². The molecule has 0 bridgehead atoms. The molecule has 1 atom stereocenters. The number of benzene rings is 2. The molecule has 3 nitrogen and oxygen atoms in total. The van der Waals surface area contributed by atoms with E-state index in [1.165, 1.54) is 29.5 Å². The maximum atomic E-state index is 12.9. The summed E-state index contributed by atoms with van der Waals surface area (Å²) >= 11 is 1.53. The first-order valence-electron chi connectivity index (χ1n) is 9.18. The molecule has 0 spiro atoms. The second-order valence-electron chi connectivity index (χ2n) is 6.93. The lowest BCUT2D eigenvalue weighted by molar-refractivity contribution is -0.137. The number of amides is 1. The van der Waals surface area contributed by atoms with Crippen molar-refractivity contribution in [3.63, 3.8) is 0 Å². The van der Waals surface area contributed by atoms with Crippen molar-refractivity contribution in [2.24, 2.45) is 0 Å². The standard InChI is InChI=1S/C21H23F3N2OS/c1-15-6-8-19(9-7-15)28-16(2)20(27)26-12-10-25(11-13-26)18-5-3-4-17(14-18)21(22,23)24/h3-9,14,16H,10-13H2,1-2H3/t16-/m1/s1. The number of rotatable bonds is 4. The number of alkyl halides is 3. The lowest BCUT2D eigenvalue weighted by atomic mass is 10.1. The quantitative estimate of drug-likeness (QED) is 0.676. The number of halogens is 3. The van der Waals surface area contributed by atoms with Gasteiger partial charge < -0.3 is 9.80 Å². The number of hydrogen-bond acceptors (Lipinski definition) is 3. The fourth-order valence-corrected chi connectivity index (χ4v) is 4.14. The van der Waals surface area contributed by atoms with Crippen LogP contribution in [-0.4, -0.2) is 42.2 Å². The van der Waals surface area contributed by atoms with Crippen molar-refractivity contribution in [3.8, 4) is 0 Å². The van der Waals surface area contributed by atoms with Crippen LogP contribution in [0.15, 0.2) is 53.4 Å². The molecule has 0 radical (unpaired) electrons. The van der Waals surface area contributed by atoms with Gasteiger partial charge in [0, 0.05) is 36.8 Å². The van der Waals surface area contributed by atoms with Crippen LogP contribution < -0.4 is 4.90 Å². The molecule has 7 heteroatoms. The highest BCUT2D eigenvalue weighted by molar-refractivity contribution is 8.00. The van der Waals surface area contributed by atoms with Crippen LogP contribution in [0.3, 0.4) is 0 Å². The average Bonchev–Trinajstić information content (AvgIpc) is 2.69. The number of thioether (sulfide) groups is 1. The number of hydrogen-bond donors (Lipinski definition) is 0. The molecule has 0 N–H and O–H groups in total. The Balaban J connectivity index is 1.57. The first-order valence-corrected chi connectivity index (χ1v) is 10.1. The van der Waals surface area contributed by atoms with E-state index in [4.69, 9.17) is 0 Å². The van der Waals surface area contributed by atoms with E-state index < -0.39 is 11.7 Å². The van der Waals surface area contributed by atoms with E-state index in [2.05, 4.69) is 0 Å². The molecule has 2 aromatic rings. The van der Waals surface area contributed by atoms with E-state index in [0.717, 1.165) is 11.0 Å². The molecule has 1 aliphatic heterocycles. The Kier molecular flexibility index (Phi) is 6.23. The molecular formula is C21H23F3N2OS. The number of nitrogens with zero attached hydrogens (tertiary/aromatic N) is 2. The predicted molar refractivity (Wildman–Crippen MR) is 107 cm³/mol. The van der Waals surface area contributed by atoms with Gasteiger partial charge >= 0.3 is 6.18 Å². The Labute approximate surface area is 167 Å². The zero-order valence-electron chi connectivity index (χ0n) is 15.9. The van der Waals surface area contributed by atoms with Crippen LogP contribution in [0.1, 0.15) is 18.1 Å². The summed E-state index contributed by atoms with van der Waals surface area (Å²) in [6, 6.07) is 13.4. The Morgan fingerprint density at radius 3 is 2.29 bits per heavy atom. The van der Waals surface area contributed by atoms with Crippen LogP contribution in [0, 0.1) is 6.92 Å². The SMILES string of the molecule is Cc1ccc(S[C@H](C)C(=O)N2CCN(c3cccc(C(F)(F)F)c3)CC2)cc1. The van der Waals surface area contributed by atoms with E-state index >= 15 is 0 Å². The summed E-state index contributed by atoms with van der Waals surface area (Å²) < 4.78 is 38.8. The van der Waals surface area contributed by atoms with Gasteiger partial charge in [-0.05, 0) is 44.2 Å². The highest BCUT2D eigenvalue weighted by Crippen LogP contribution is 2.32. The van der Waals surface area contributed by atoms with Crippen molar-refractivity contribution in [1.29, 1.82) is 0 Å². The number of anilines is 1. The third kappa shape index (κ3) is 5.01. The molecule has 1 fully saturated rings. The van der Waals surface area contributed by atoms with E-state index in [0.29, 0.717) is 31.9 Å². The van der Waals surface area contributed by atoms with Crippen LogP contribution >= 0.6 is 11.8 Å². The van der Waals surface area contributed by atoms with Crippen LogP contribution in [0.2, 0.25) is 0 Å². The molecule has 1 aliphatic rings.